The quantitative estimate of drug-likeness (QED) is 0.353. The predicted octanol–water partition coefficient (Wildman–Crippen LogP) is 6.30. The molecule has 0 spiro atoms. The Balaban J connectivity index is 1.30. The largest absolute Gasteiger partial charge is 0.453 e. The zero-order chi connectivity index (χ0) is 29.8. The molecule has 6 atom stereocenters. The molecule has 2 heterocycles. The Morgan fingerprint density at radius 1 is 0.659 bits per heavy atom. The molecule has 0 radical (unpaired) electrons. The normalized spacial score (nSPS) is 33.8. The van der Waals surface area contributed by atoms with Crippen molar-refractivity contribution in [2.24, 2.45) is 5.92 Å². The van der Waals surface area contributed by atoms with Gasteiger partial charge in [0, 0.05) is 35.4 Å². The van der Waals surface area contributed by atoms with Gasteiger partial charge in [0.15, 0.2) is 0 Å². The molecule has 6 nitrogen and oxygen atoms in total. The van der Waals surface area contributed by atoms with Crippen molar-refractivity contribution in [1.82, 2.24) is 9.80 Å². The topological polar surface area (TPSA) is 59.1 Å². The number of ether oxygens (including phenoxy) is 2. The van der Waals surface area contributed by atoms with Crippen LogP contribution in [0.15, 0.2) is 66.7 Å². The van der Waals surface area contributed by atoms with Crippen LogP contribution in [-0.4, -0.2) is 61.4 Å². The third-order valence-corrected chi connectivity index (χ3v) is 13.2. The summed E-state index contributed by atoms with van der Waals surface area (Å²) in [7, 11) is 3.02. The molecule has 226 valence electrons. The number of carbonyl (C=O) groups excluding carboxylic acids is 2. The second-order valence-electron chi connectivity index (χ2n) is 14.1. The van der Waals surface area contributed by atoms with Crippen molar-refractivity contribution < 1.29 is 19.1 Å². The average molecular weight is 589 g/mol. The van der Waals surface area contributed by atoms with E-state index in [2.05, 4.69) is 71.6 Å². The summed E-state index contributed by atoms with van der Waals surface area (Å²) in [6, 6.07) is 25.1. The molecule has 0 aromatic heterocycles. The summed E-state index contributed by atoms with van der Waals surface area (Å²) in [5.74, 6) is 0.578. The van der Waals surface area contributed by atoms with E-state index in [0.717, 1.165) is 45.1 Å². The summed E-state index contributed by atoms with van der Waals surface area (Å²) in [5, 5.41) is 0. The first-order valence-electron chi connectivity index (χ1n) is 16.5. The average Bonchev–Trinajstić information content (AvgIpc) is 3.87. The van der Waals surface area contributed by atoms with Gasteiger partial charge in [-0.15, -0.1) is 0 Å². The highest BCUT2D eigenvalue weighted by Gasteiger charge is 2.71. The van der Waals surface area contributed by atoms with E-state index in [9.17, 15) is 9.59 Å². The van der Waals surface area contributed by atoms with Crippen LogP contribution < -0.4 is 0 Å². The molecule has 0 bridgehead atoms. The molecule has 3 aromatic rings. The van der Waals surface area contributed by atoms with Crippen molar-refractivity contribution in [1.29, 1.82) is 0 Å². The van der Waals surface area contributed by atoms with Crippen LogP contribution in [0.25, 0.3) is 0 Å². The number of amides is 2. The number of benzene rings is 3. The van der Waals surface area contributed by atoms with Gasteiger partial charge < -0.3 is 19.3 Å². The maximum absolute atomic E-state index is 13.5. The highest BCUT2D eigenvalue weighted by Crippen LogP contribution is 2.70. The summed E-state index contributed by atoms with van der Waals surface area (Å²) >= 11 is 0. The Kier molecular flexibility index (Phi) is 5.51. The minimum atomic E-state index is -0.299. The maximum Gasteiger partial charge on any atom is 0.409 e. The number of hydrogen-bond acceptors (Lipinski definition) is 4. The molecule has 3 fully saturated rings. The fourth-order valence-corrected chi connectivity index (χ4v) is 12.0. The van der Waals surface area contributed by atoms with Gasteiger partial charge in [0.05, 0.1) is 20.3 Å². The first-order chi connectivity index (χ1) is 21.5. The Bertz CT molecular complexity index is 1720. The lowest BCUT2D eigenvalue weighted by Gasteiger charge is -2.50. The summed E-state index contributed by atoms with van der Waals surface area (Å²) in [4.78, 5) is 30.7. The van der Waals surface area contributed by atoms with E-state index in [0.29, 0.717) is 12.5 Å². The van der Waals surface area contributed by atoms with Gasteiger partial charge in [-0.1, -0.05) is 73.2 Å². The highest BCUT2D eigenvalue weighted by molar-refractivity contribution is 5.73. The number of nitrogens with zero attached hydrogens (tertiary/aromatic N) is 2. The van der Waals surface area contributed by atoms with Gasteiger partial charge >= 0.3 is 12.2 Å². The number of fused-ring (bicyclic) bond motifs is 10. The number of rotatable bonds is 2. The summed E-state index contributed by atoms with van der Waals surface area (Å²) in [5.41, 5.74) is 9.43. The molecule has 3 aromatic carbocycles. The smallest absolute Gasteiger partial charge is 0.409 e. The monoisotopic (exact) mass is 588 g/mol. The predicted molar refractivity (Wildman–Crippen MR) is 167 cm³/mol. The minimum absolute atomic E-state index is 0.000710. The van der Waals surface area contributed by atoms with Gasteiger partial charge in [-0.3, -0.25) is 0 Å². The van der Waals surface area contributed by atoms with Gasteiger partial charge in [-0.25, -0.2) is 9.59 Å². The molecular formula is C38H40N2O4. The molecule has 6 aliphatic rings. The highest BCUT2D eigenvalue weighted by atomic mass is 16.5. The van der Waals surface area contributed by atoms with Crippen LogP contribution in [-0.2, 0) is 45.0 Å². The lowest BCUT2D eigenvalue weighted by Crippen LogP contribution is -2.55. The zero-order valence-electron chi connectivity index (χ0n) is 25.7. The van der Waals surface area contributed by atoms with Crippen LogP contribution in [0, 0.1) is 5.92 Å². The number of methoxy groups -OCH3 is 2. The molecule has 6 heteroatoms. The molecule has 9 rings (SSSR count). The van der Waals surface area contributed by atoms with E-state index in [-0.39, 0.29) is 40.5 Å². The van der Waals surface area contributed by atoms with Crippen molar-refractivity contribution in [3.8, 4) is 0 Å². The van der Waals surface area contributed by atoms with Gasteiger partial charge in [0.1, 0.15) is 0 Å². The lowest BCUT2D eigenvalue weighted by atomic mass is 9.53. The Morgan fingerprint density at radius 2 is 1.30 bits per heavy atom. The van der Waals surface area contributed by atoms with Crippen LogP contribution >= 0.6 is 0 Å². The van der Waals surface area contributed by atoms with Gasteiger partial charge in [0.25, 0.3) is 0 Å². The van der Waals surface area contributed by atoms with Gasteiger partial charge in [-0.05, 0) is 89.8 Å². The standard InChI is InChI=1S/C38H40N2O4/c1-43-34(41)39-19-17-36(28-12-5-3-10-25(28)22-32(36)39)30-14-7-15-31-27(30)23-33-38(31,18-20-40(33)35(42)44-2)37-16-8-11-26(37)21-24-9-4-6-13-29(24)37/h3-7,9-10,12-15,26,32-33H,8,11,16-23H2,1-2H3/t26-,32+,33+,36-,37+,38+/m1/s1. The molecule has 2 amide bonds. The van der Waals surface area contributed by atoms with Crippen LogP contribution in [0.4, 0.5) is 9.59 Å². The van der Waals surface area contributed by atoms with Crippen molar-refractivity contribution in [2.75, 3.05) is 27.3 Å². The maximum atomic E-state index is 13.5. The Hall–Kier alpha value is -3.80. The van der Waals surface area contributed by atoms with E-state index >= 15 is 0 Å². The molecule has 44 heavy (non-hydrogen) atoms. The molecule has 0 N–H and O–H groups in total. The van der Waals surface area contributed by atoms with Gasteiger partial charge in [0.2, 0.25) is 0 Å². The van der Waals surface area contributed by atoms with Crippen LogP contribution in [0.3, 0.4) is 0 Å². The van der Waals surface area contributed by atoms with E-state index in [1.807, 2.05) is 4.90 Å². The van der Waals surface area contributed by atoms with E-state index < -0.39 is 0 Å². The third-order valence-electron chi connectivity index (χ3n) is 13.2. The molecule has 1 saturated carbocycles. The van der Waals surface area contributed by atoms with Crippen molar-refractivity contribution in [3.63, 3.8) is 0 Å². The Labute approximate surface area is 259 Å². The molecule has 0 unspecified atom stereocenters. The first-order valence-corrected chi connectivity index (χ1v) is 16.5. The van der Waals surface area contributed by atoms with Crippen molar-refractivity contribution in [2.45, 2.75) is 79.7 Å². The fraction of sp³-hybridized carbons (Fsp3) is 0.474. The molecule has 2 saturated heterocycles. The molecular weight excluding hydrogens is 548 g/mol. The zero-order valence-corrected chi connectivity index (χ0v) is 25.7. The van der Waals surface area contributed by atoms with Crippen molar-refractivity contribution in [3.05, 3.63) is 106 Å². The SMILES string of the molecule is COC(=O)N1CC[C@]2(c3cccc4c3C[C@@H]3N(C(=O)OC)CC[C@]43[C@@]34CCC[C@@H]3Cc3ccccc34)c3ccccc3C[C@H]12. The third kappa shape index (κ3) is 2.94. The van der Waals surface area contributed by atoms with Crippen LogP contribution in [0.1, 0.15) is 71.0 Å². The fourth-order valence-electron chi connectivity index (χ4n) is 12.0. The van der Waals surface area contributed by atoms with Crippen LogP contribution in [0.2, 0.25) is 0 Å². The van der Waals surface area contributed by atoms with Crippen molar-refractivity contribution >= 4 is 12.2 Å². The Morgan fingerprint density at radius 3 is 2.07 bits per heavy atom. The summed E-state index contributed by atoms with van der Waals surface area (Å²) in [6.45, 7) is 1.40. The van der Waals surface area contributed by atoms with E-state index in [1.165, 1.54) is 66.0 Å². The lowest BCUT2D eigenvalue weighted by molar-refractivity contribution is 0.0923. The second kappa shape index (κ2) is 9.12. The van der Waals surface area contributed by atoms with E-state index in [1.54, 1.807) is 0 Å². The summed E-state index contributed by atoms with van der Waals surface area (Å²) < 4.78 is 10.8. The number of hydrogen-bond donors (Lipinski definition) is 0. The van der Waals surface area contributed by atoms with Gasteiger partial charge in [-0.2, -0.15) is 0 Å². The number of likely N-dealkylation sites (tertiary alicyclic amines) is 2. The molecule has 4 aliphatic carbocycles. The van der Waals surface area contributed by atoms with E-state index in [4.69, 9.17) is 9.47 Å². The molecule has 2 aliphatic heterocycles. The summed E-state index contributed by atoms with van der Waals surface area (Å²) in [6.07, 6.45) is 7.80. The number of carbonyl (C=O) groups is 2. The minimum Gasteiger partial charge on any atom is -0.453 e. The van der Waals surface area contributed by atoms with Crippen LogP contribution in [0.5, 0.6) is 0 Å². The second-order valence-corrected chi connectivity index (χ2v) is 14.1. The first kappa shape index (κ1) is 26.6.